The van der Waals surface area contributed by atoms with Gasteiger partial charge in [0.05, 0.1) is 5.56 Å². The quantitative estimate of drug-likeness (QED) is 0.562. The highest BCUT2D eigenvalue weighted by atomic mass is 16.6. The van der Waals surface area contributed by atoms with Gasteiger partial charge in [-0.2, -0.15) is 0 Å². The maximum absolute atomic E-state index is 12.7. The van der Waals surface area contributed by atoms with E-state index in [4.69, 9.17) is 9.47 Å². The molecule has 2 unspecified atom stereocenters. The molecule has 0 radical (unpaired) electrons. The van der Waals surface area contributed by atoms with Gasteiger partial charge in [0.25, 0.3) is 5.91 Å². The van der Waals surface area contributed by atoms with Crippen molar-refractivity contribution in [3.63, 3.8) is 0 Å². The van der Waals surface area contributed by atoms with Crippen LogP contribution in [0.15, 0.2) is 60.7 Å². The Balaban J connectivity index is 2.10. The van der Waals surface area contributed by atoms with Crippen molar-refractivity contribution in [1.82, 2.24) is 10.3 Å². The van der Waals surface area contributed by atoms with Crippen molar-refractivity contribution in [2.24, 2.45) is 5.92 Å². The van der Waals surface area contributed by atoms with Gasteiger partial charge in [-0.1, -0.05) is 31.6 Å². The average Bonchev–Trinajstić information content (AvgIpc) is 2.67. The summed E-state index contributed by atoms with van der Waals surface area (Å²) < 4.78 is 11.0. The van der Waals surface area contributed by atoms with Gasteiger partial charge in [0.15, 0.2) is 0 Å². The smallest absolute Gasteiger partial charge is 0.334 e. The Labute approximate surface area is 160 Å². The summed E-state index contributed by atoms with van der Waals surface area (Å²) in [5.41, 5.74) is 1.54. The van der Waals surface area contributed by atoms with E-state index in [0.717, 1.165) is 12.0 Å². The van der Waals surface area contributed by atoms with E-state index in [0.29, 0.717) is 17.7 Å². The number of esters is 1. The molecule has 144 valence electrons. The fourth-order valence-electron chi connectivity index (χ4n) is 2.75. The van der Waals surface area contributed by atoms with E-state index in [-0.39, 0.29) is 17.9 Å². The largest absolute Gasteiger partial charge is 0.427 e. The third-order valence-electron chi connectivity index (χ3n) is 4.29. The lowest BCUT2D eigenvalue weighted by molar-refractivity contribution is -0.144. The molecule has 0 aliphatic heterocycles. The molecule has 0 saturated heterocycles. The van der Waals surface area contributed by atoms with Gasteiger partial charge in [-0.05, 0) is 30.5 Å². The Morgan fingerprint density at radius 3 is 2.78 bits per heavy atom. The van der Waals surface area contributed by atoms with E-state index in [1.165, 1.54) is 6.20 Å². The molecule has 1 aliphatic rings. The molecule has 6 nitrogen and oxygen atoms in total. The molecule has 27 heavy (non-hydrogen) atoms. The van der Waals surface area contributed by atoms with Crippen LogP contribution in [0, 0.1) is 5.92 Å². The van der Waals surface area contributed by atoms with Crippen LogP contribution in [0.1, 0.15) is 37.0 Å². The molecule has 1 aromatic rings. The number of hydrogen-bond donors (Lipinski definition) is 1. The lowest BCUT2D eigenvalue weighted by atomic mass is 9.98. The Hall–Kier alpha value is -2.73. The summed E-state index contributed by atoms with van der Waals surface area (Å²) in [6.45, 7) is 7.43. The molecule has 1 N–H and O–H groups in total. The molecule has 0 saturated carbocycles. The summed E-state index contributed by atoms with van der Waals surface area (Å²) in [6.07, 6.45) is 9.58. The van der Waals surface area contributed by atoms with Gasteiger partial charge < -0.3 is 14.8 Å². The Morgan fingerprint density at radius 1 is 1.41 bits per heavy atom. The van der Waals surface area contributed by atoms with E-state index < -0.39 is 12.0 Å². The number of allylic oxidation sites excluding steroid dienone is 3. The van der Waals surface area contributed by atoms with Gasteiger partial charge in [0.1, 0.15) is 17.9 Å². The molecule has 1 heterocycles. The topological polar surface area (TPSA) is 77.5 Å². The number of hydrogen-bond acceptors (Lipinski definition) is 5. The second-order valence-corrected chi connectivity index (χ2v) is 6.67. The van der Waals surface area contributed by atoms with Crippen molar-refractivity contribution in [2.75, 3.05) is 7.11 Å². The molecule has 1 amide bonds. The molecule has 0 aromatic carbocycles. The highest BCUT2D eigenvalue weighted by molar-refractivity contribution is 5.96. The van der Waals surface area contributed by atoms with Crippen LogP contribution in [0.25, 0.3) is 0 Å². The molecule has 0 bridgehead atoms. The number of aromatic nitrogens is 1. The number of ether oxygens (including phenoxy) is 2. The highest BCUT2D eigenvalue weighted by Crippen LogP contribution is 2.25. The average molecular weight is 370 g/mol. The second-order valence-electron chi connectivity index (χ2n) is 6.67. The predicted octanol–water partition coefficient (Wildman–Crippen LogP) is 3.18. The molecule has 1 aliphatic carbocycles. The first-order valence-corrected chi connectivity index (χ1v) is 8.92. The van der Waals surface area contributed by atoms with Crippen molar-refractivity contribution in [3.8, 4) is 0 Å². The van der Waals surface area contributed by atoms with Crippen LogP contribution in [0.2, 0.25) is 0 Å². The standard InChI is InChI=1S/C21H26N2O4/c1-5-7-15-9-10-17(18(12-15)26-4)27-21(25)19(14(2)3)23-20(24)16-8-6-11-22-13-16/h5-6,8-11,13-14,18-19H,1,7,12H2,2-4H3,(H,23,24). The first-order chi connectivity index (χ1) is 13.0. The summed E-state index contributed by atoms with van der Waals surface area (Å²) in [4.78, 5) is 29.0. The third kappa shape index (κ3) is 5.62. The third-order valence-corrected chi connectivity index (χ3v) is 4.29. The number of carbonyl (C=O) groups is 2. The molecule has 2 rings (SSSR count). The van der Waals surface area contributed by atoms with Crippen molar-refractivity contribution in [1.29, 1.82) is 0 Å². The van der Waals surface area contributed by atoms with Crippen LogP contribution >= 0.6 is 0 Å². The van der Waals surface area contributed by atoms with Crippen molar-refractivity contribution in [3.05, 3.63) is 66.2 Å². The van der Waals surface area contributed by atoms with Crippen molar-refractivity contribution >= 4 is 11.9 Å². The van der Waals surface area contributed by atoms with Gasteiger partial charge in [0, 0.05) is 25.9 Å². The van der Waals surface area contributed by atoms with Gasteiger partial charge in [-0.15, -0.1) is 6.58 Å². The zero-order valence-corrected chi connectivity index (χ0v) is 16.0. The lowest BCUT2D eigenvalue weighted by Gasteiger charge is -2.26. The number of carbonyl (C=O) groups excluding carboxylic acids is 2. The second kappa shape index (κ2) is 9.83. The van der Waals surface area contributed by atoms with Crippen LogP contribution in [0.5, 0.6) is 0 Å². The van der Waals surface area contributed by atoms with Gasteiger partial charge >= 0.3 is 5.97 Å². The first-order valence-electron chi connectivity index (χ1n) is 8.92. The summed E-state index contributed by atoms with van der Waals surface area (Å²) in [6, 6.07) is 2.53. The minimum absolute atomic E-state index is 0.143. The van der Waals surface area contributed by atoms with E-state index in [1.807, 2.05) is 26.0 Å². The van der Waals surface area contributed by atoms with E-state index >= 15 is 0 Å². The fourth-order valence-corrected chi connectivity index (χ4v) is 2.75. The maximum Gasteiger partial charge on any atom is 0.334 e. The van der Waals surface area contributed by atoms with Gasteiger partial charge in [-0.25, -0.2) is 4.79 Å². The van der Waals surface area contributed by atoms with E-state index in [2.05, 4.69) is 16.9 Å². The zero-order chi connectivity index (χ0) is 19.8. The van der Waals surface area contributed by atoms with Gasteiger partial charge in [-0.3, -0.25) is 9.78 Å². The van der Waals surface area contributed by atoms with Crippen molar-refractivity contribution < 1.29 is 19.1 Å². The zero-order valence-electron chi connectivity index (χ0n) is 16.0. The number of nitrogens with zero attached hydrogens (tertiary/aromatic N) is 1. The highest BCUT2D eigenvalue weighted by Gasteiger charge is 2.30. The van der Waals surface area contributed by atoms with E-state index in [9.17, 15) is 9.59 Å². The van der Waals surface area contributed by atoms with Crippen LogP contribution in [-0.4, -0.2) is 36.1 Å². The number of rotatable bonds is 8. The fraction of sp³-hybridized carbons (Fsp3) is 0.381. The molecular weight excluding hydrogens is 344 g/mol. The number of methoxy groups -OCH3 is 1. The summed E-state index contributed by atoms with van der Waals surface area (Å²) in [5, 5.41) is 2.73. The van der Waals surface area contributed by atoms with Crippen LogP contribution in [0.3, 0.4) is 0 Å². The first kappa shape index (κ1) is 20.6. The molecule has 2 atom stereocenters. The Bertz CT molecular complexity index is 738. The molecule has 1 aromatic heterocycles. The van der Waals surface area contributed by atoms with Gasteiger partial charge in [0.2, 0.25) is 0 Å². The number of pyridine rings is 1. The van der Waals surface area contributed by atoms with Crippen LogP contribution in [0.4, 0.5) is 0 Å². The molecule has 6 heteroatoms. The summed E-state index contributed by atoms with van der Waals surface area (Å²) >= 11 is 0. The minimum Gasteiger partial charge on any atom is -0.427 e. The molecular formula is C21H26N2O4. The Kier molecular flexibility index (Phi) is 7.49. The van der Waals surface area contributed by atoms with E-state index in [1.54, 1.807) is 31.5 Å². The van der Waals surface area contributed by atoms with Crippen LogP contribution < -0.4 is 5.32 Å². The SMILES string of the molecule is C=CCC1=CC=C(OC(=O)C(NC(=O)c2cccnc2)C(C)C)C(OC)C1. The van der Waals surface area contributed by atoms with Crippen LogP contribution in [-0.2, 0) is 14.3 Å². The number of nitrogens with one attached hydrogen (secondary N) is 1. The Morgan fingerprint density at radius 2 is 2.19 bits per heavy atom. The summed E-state index contributed by atoms with van der Waals surface area (Å²) in [7, 11) is 1.58. The maximum atomic E-state index is 12.7. The minimum atomic E-state index is -0.783. The van der Waals surface area contributed by atoms with Crippen molar-refractivity contribution in [2.45, 2.75) is 38.8 Å². The predicted molar refractivity (Wildman–Crippen MR) is 103 cm³/mol. The normalized spacial score (nSPS) is 17.6. The summed E-state index contributed by atoms with van der Waals surface area (Å²) in [5.74, 6) is -0.587. The molecule has 0 spiro atoms. The monoisotopic (exact) mass is 370 g/mol. The molecule has 0 fully saturated rings. The lowest BCUT2D eigenvalue weighted by Crippen LogP contribution is -2.45. The number of amides is 1.